The van der Waals surface area contributed by atoms with Gasteiger partial charge in [0.1, 0.15) is 29.0 Å². The second-order valence-electron chi connectivity index (χ2n) is 11.1. The summed E-state index contributed by atoms with van der Waals surface area (Å²) >= 11 is 5.84. The first-order valence-corrected chi connectivity index (χ1v) is 13.1. The Labute approximate surface area is 232 Å². The van der Waals surface area contributed by atoms with Crippen LogP contribution >= 0.6 is 11.6 Å². The van der Waals surface area contributed by atoms with Gasteiger partial charge in [-0.05, 0) is 69.6 Å². The van der Waals surface area contributed by atoms with E-state index in [1.807, 2.05) is 0 Å². The smallest absolute Gasteiger partial charge is 0.378 e. The predicted octanol–water partition coefficient (Wildman–Crippen LogP) is 5.15. The molecule has 3 aromatic rings. The third-order valence-electron chi connectivity index (χ3n) is 7.70. The Kier molecular flexibility index (Phi) is 6.95. The minimum absolute atomic E-state index is 0.00126. The highest BCUT2D eigenvalue weighted by Crippen LogP contribution is 2.54. The van der Waals surface area contributed by atoms with Crippen LogP contribution in [0.5, 0.6) is 0 Å². The Balaban J connectivity index is 1.27. The van der Waals surface area contributed by atoms with Gasteiger partial charge in [0.2, 0.25) is 0 Å². The molecule has 2 aliphatic rings. The Hall–Kier alpha value is -3.43. The number of carbonyl (C=O) groups excluding carboxylic acids is 1. The van der Waals surface area contributed by atoms with E-state index in [1.165, 1.54) is 18.2 Å². The van der Waals surface area contributed by atoms with Gasteiger partial charge in [0.15, 0.2) is 0 Å². The molecule has 2 heterocycles. The summed E-state index contributed by atoms with van der Waals surface area (Å²) in [7, 11) is 1.72. The van der Waals surface area contributed by atoms with Gasteiger partial charge in [0.05, 0.1) is 17.0 Å². The number of nitrogens with zero attached hydrogens (tertiary/aromatic N) is 5. The van der Waals surface area contributed by atoms with Gasteiger partial charge >= 0.3 is 6.18 Å². The first kappa shape index (κ1) is 28.1. The minimum Gasteiger partial charge on any atom is -0.378 e. The zero-order chi connectivity index (χ0) is 29.0. The third-order valence-corrected chi connectivity index (χ3v) is 7.99. The van der Waals surface area contributed by atoms with E-state index in [0.29, 0.717) is 42.8 Å². The lowest BCUT2D eigenvalue weighted by Gasteiger charge is -2.22. The van der Waals surface area contributed by atoms with Crippen LogP contribution in [-0.4, -0.2) is 40.9 Å². The topological polar surface area (TPSA) is 97.9 Å². The fourth-order valence-electron chi connectivity index (χ4n) is 5.76. The molecule has 1 amide bonds. The second-order valence-corrected chi connectivity index (χ2v) is 11.5. The van der Waals surface area contributed by atoms with E-state index in [-0.39, 0.29) is 28.7 Å². The number of nitrogens with one attached hydrogen (secondary N) is 1. The maximum Gasteiger partial charge on any atom is 0.453 e. The van der Waals surface area contributed by atoms with Gasteiger partial charge < -0.3 is 15.0 Å². The van der Waals surface area contributed by atoms with Crippen molar-refractivity contribution in [3.63, 3.8) is 0 Å². The fourth-order valence-corrected chi connectivity index (χ4v) is 5.95. The number of benzene rings is 1. The highest BCUT2D eigenvalue weighted by Gasteiger charge is 2.49. The molecule has 5 rings (SSSR count). The quantitative estimate of drug-likeness (QED) is 0.330. The Morgan fingerprint density at radius 3 is 2.45 bits per heavy atom. The highest BCUT2D eigenvalue weighted by atomic mass is 35.5. The number of amides is 1. The molecule has 0 bridgehead atoms. The van der Waals surface area contributed by atoms with Crippen LogP contribution in [0, 0.1) is 29.5 Å². The maximum atomic E-state index is 13.5. The van der Waals surface area contributed by atoms with E-state index >= 15 is 0 Å². The van der Waals surface area contributed by atoms with Crippen LogP contribution in [0.25, 0.3) is 0 Å². The van der Waals surface area contributed by atoms with Crippen LogP contribution in [0.15, 0.2) is 30.9 Å². The number of imidazole rings is 1. The average molecular weight is 579 g/mol. The van der Waals surface area contributed by atoms with E-state index in [2.05, 4.69) is 32.2 Å². The Morgan fingerprint density at radius 2 is 1.85 bits per heavy atom. The van der Waals surface area contributed by atoms with Crippen molar-refractivity contribution in [2.24, 2.45) is 18.9 Å². The van der Waals surface area contributed by atoms with Crippen molar-refractivity contribution >= 4 is 23.2 Å². The van der Waals surface area contributed by atoms with E-state index < -0.39 is 29.0 Å². The summed E-state index contributed by atoms with van der Waals surface area (Å²) < 4.78 is 54.9. The number of alkyl halides is 3. The summed E-state index contributed by atoms with van der Waals surface area (Å²) in [4.78, 5) is 21.0. The molecule has 2 fully saturated rings. The average Bonchev–Trinajstić information content (AvgIpc) is 3.62. The molecular weight excluding hydrogens is 552 g/mol. The van der Waals surface area contributed by atoms with Crippen LogP contribution in [0.4, 0.5) is 23.2 Å². The van der Waals surface area contributed by atoms with E-state index in [1.54, 1.807) is 31.8 Å². The first-order chi connectivity index (χ1) is 18.6. The van der Waals surface area contributed by atoms with Gasteiger partial charge in [0, 0.05) is 18.7 Å². The molecule has 2 atom stereocenters. The Bertz CT molecular complexity index is 1500. The van der Waals surface area contributed by atoms with Crippen molar-refractivity contribution in [2.75, 3.05) is 5.32 Å². The zero-order valence-corrected chi connectivity index (χ0v) is 22.7. The molecule has 0 aliphatic heterocycles. The summed E-state index contributed by atoms with van der Waals surface area (Å²) in [5.41, 5.74) is -0.980. The lowest BCUT2D eigenvalue weighted by atomic mass is 9.92. The summed E-state index contributed by atoms with van der Waals surface area (Å²) in [6.45, 7) is 3.22. The molecule has 13 heteroatoms. The second kappa shape index (κ2) is 9.89. The standard InChI is InChI=1S/C27H27ClF4N6O2/c1-25(2,38-14-34-24(36-38)27(30,31)32)6-7-26(40)11-16-8-15(9-17(16)12-26)21-22(37(3)13-33-21)23(39)35-18-4-5-20(29)19(28)10-18/h4-5,10,13-17,40H,8-9,11-12H2,1-3H3,(H,35,39). The third kappa shape index (κ3) is 5.45. The number of aliphatic hydroxyl groups is 1. The maximum absolute atomic E-state index is 13.5. The lowest BCUT2D eigenvalue weighted by Crippen LogP contribution is -2.29. The molecule has 1 aromatic carbocycles. The summed E-state index contributed by atoms with van der Waals surface area (Å²) in [6.07, 6.45) is 0.130. The van der Waals surface area contributed by atoms with Crippen molar-refractivity contribution in [1.82, 2.24) is 24.3 Å². The van der Waals surface area contributed by atoms with Crippen LogP contribution < -0.4 is 5.32 Å². The number of anilines is 1. The molecule has 0 radical (unpaired) electrons. The SMILES string of the molecule is Cn1cnc(C2CC3CC(O)(C#CC(C)(C)n4cnc(C(F)(F)F)n4)CC3C2)c1C(=O)Nc1ccc(F)c(Cl)c1. The van der Waals surface area contributed by atoms with Crippen molar-refractivity contribution in [3.8, 4) is 11.8 Å². The van der Waals surface area contributed by atoms with E-state index in [4.69, 9.17) is 11.6 Å². The zero-order valence-electron chi connectivity index (χ0n) is 21.9. The molecule has 40 heavy (non-hydrogen) atoms. The molecule has 2 aliphatic carbocycles. The molecule has 2 saturated carbocycles. The van der Waals surface area contributed by atoms with Crippen LogP contribution in [0.2, 0.25) is 5.02 Å². The number of aromatic nitrogens is 5. The molecule has 0 saturated heterocycles. The van der Waals surface area contributed by atoms with Gasteiger partial charge in [-0.3, -0.25) is 4.79 Å². The summed E-state index contributed by atoms with van der Waals surface area (Å²) in [6, 6.07) is 3.94. The number of carbonyl (C=O) groups is 1. The number of hydrogen-bond donors (Lipinski definition) is 2. The van der Waals surface area contributed by atoms with Gasteiger partial charge in [-0.15, -0.1) is 5.10 Å². The molecule has 2 aromatic heterocycles. The number of aryl methyl sites for hydroxylation is 1. The summed E-state index contributed by atoms with van der Waals surface area (Å²) in [5, 5.41) is 17.4. The van der Waals surface area contributed by atoms with Crippen LogP contribution in [-0.2, 0) is 18.8 Å². The van der Waals surface area contributed by atoms with Gasteiger partial charge in [-0.2, -0.15) is 13.2 Å². The highest BCUT2D eigenvalue weighted by molar-refractivity contribution is 6.31. The van der Waals surface area contributed by atoms with E-state index in [9.17, 15) is 27.5 Å². The molecule has 2 unspecified atom stereocenters. The molecule has 212 valence electrons. The lowest BCUT2D eigenvalue weighted by molar-refractivity contribution is -0.145. The van der Waals surface area contributed by atoms with Gasteiger partial charge in [0.25, 0.3) is 11.7 Å². The monoisotopic (exact) mass is 578 g/mol. The first-order valence-electron chi connectivity index (χ1n) is 12.7. The van der Waals surface area contributed by atoms with Crippen molar-refractivity contribution in [1.29, 1.82) is 0 Å². The van der Waals surface area contributed by atoms with Crippen LogP contribution in [0.1, 0.15) is 67.5 Å². The van der Waals surface area contributed by atoms with Crippen molar-refractivity contribution < 1.29 is 27.5 Å². The number of rotatable bonds is 4. The largest absolute Gasteiger partial charge is 0.453 e. The molecular formula is C27H27ClF4N6O2. The normalized spacial score (nSPS) is 24.5. The molecule has 8 nitrogen and oxygen atoms in total. The number of halogens is 5. The minimum atomic E-state index is -4.66. The Morgan fingerprint density at radius 1 is 1.18 bits per heavy atom. The van der Waals surface area contributed by atoms with Crippen molar-refractivity contribution in [2.45, 2.75) is 62.8 Å². The molecule has 0 spiro atoms. The number of hydrogen-bond acceptors (Lipinski definition) is 5. The van der Waals surface area contributed by atoms with E-state index in [0.717, 1.165) is 11.0 Å². The summed E-state index contributed by atoms with van der Waals surface area (Å²) in [5.74, 6) is 3.89. The number of fused-ring (bicyclic) bond motifs is 1. The van der Waals surface area contributed by atoms with Crippen LogP contribution in [0.3, 0.4) is 0 Å². The molecule has 2 N–H and O–H groups in total. The predicted molar refractivity (Wildman–Crippen MR) is 138 cm³/mol. The van der Waals surface area contributed by atoms with Gasteiger partial charge in [-0.1, -0.05) is 23.4 Å². The van der Waals surface area contributed by atoms with Gasteiger partial charge in [-0.25, -0.2) is 19.0 Å². The van der Waals surface area contributed by atoms with Crippen molar-refractivity contribution in [3.05, 3.63) is 58.9 Å². The fraction of sp³-hybridized carbons (Fsp3) is 0.481.